The summed E-state index contributed by atoms with van der Waals surface area (Å²) in [5.41, 5.74) is 4.05. The van der Waals surface area contributed by atoms with Crippen molar-refractivity contribution in [2.75, 3.05) is 41.9 Å². The van der Waals surface area contributed by atoms with Crippen LogP contribution in [0.3, 0.4) is 0 Å². The number of carbonyl (C=O) groups excluding carboxylic acids is 1. The Balaban J connectivity index is 0.000000649. The van der Waals surface area contributed by atoms with Gasteiger partial charge in [-0.05, 0) is 109 Å². The predicted octanol–water partition coefficient (Wildman–Crippen LogP) is 6.65. The van der Waals surface area contributed by atoms with Gasteiger partial charge >= 0.3 is 12.1 Å². The van der Waals surface area contributed by atoms with E-state index in [1.54, 1.807) is 12.1 Å². The minimum absolute atomic E-state index is 0.0347. The molecule has 2 fully saturated rings. The number of carboxylic acid groups (broad SMARTS) is 1. The van der Waals surface area contributed by atoms with Crippen LogP contribution in [0, 0.1) is 17.5 Å². The highest BCUT2D eigenvalue weighted by atomic mass is 32.2. The number of benzene rings is 3. The number of ether oxygens (including phenoxy) is 1. The van der Waals surface area contributed by atoms with Crippen molar-refractivity contribution in [1.29, 1.82) is 0 Å². The molecule has 2 spiro atoms. The number of carboxylic acids is 1. The number of nitrogens with zero attached hydrogens (tertiary/aromatic N) is 1. The summed E-state index contributed by atoms with van der Waals surface area (Å²) in [5.74, 6) is -5.03. The first-order valence-corrected chi connectivity index (χ1v) is 19.7. The van der Waals surface area contributed by atoms with Crippen LogP contribution in [0.25, 0.3) is 0 Å². The molecular formula is C38H41F6N3O6S. The molecule has 2 atom stereocenters. The fourth-order valence-electron chi connectivity index (χ4n) is 8.18. The molecule has 54 heavy (non-hydrogen) atoms. The van der Waals surface area contributed by atoms with Gasteiger partial charge in [0.15, 0.2) is 11.6 Å². The van der Waals surface area contributed by atoms with Gasteiger partial charge in [-0.3, -0.25) is 4.79 Å². The molecule has 0 radical (unpaired) electrons. The molecule has 0 bridgehead atoms. The van der Waals surface area contributed by atoms with E-state index >= 15 is 0 Å². The SMILES string of the molecule is CS(=O)(=O)C[C@@H](Cc1ccc(F)c(F)c1)NC(=O)C[C@@H]1CC2(CCN(c3ccc4c(c3)OC3(CCC3)CN4)CC2)c2cc(F)ccc21.O=C(O)C(F)(F)F. The highest BCUT2D eigenvalue weighted by Gasteiger charge is 2.47. The molecule has 3 aromatic rings. The molecule has 2 aliphatic carbocycles. The Hall–Kier alpha value is -4.47. The van der Waals surface area contributed by atoms with Gasteiger partial charge in [0.05, 0.1) is 18.0 Å². The zero-order valence-corrected chi connectivity index (χ0v) is 30.3. The van der Waals surface area contributed by atoms with E-state index in [2.05, 4.69) is 33.7 Å². The molecule has 3 N–H and O–H groups in total. The van der Waals surface area contributed by atoms with Crippen molar-refractivity contribution in [2.24, 2.45) is 0 Å². The molecule has 0 aromatic heterocycles. The molecule has 2 heterocycles. The normalized spacial score (nSPS) is 20.0. The number of anilines is 2. The van der Waals surface area contributed by atoms with Crippen molar-refractivity contribution in [1.82, 2.24) is 5.32 Å². The summed E-state index contributed by atoms with van der Waals surface area (Å²) in [6, 6.07) is 13.7. The Morgan fingerprint density at radius 2 is 1.70 bits per heavy atom. The van der Waals surface area contributed by atoms with Crippen LogP contribution in [0.5, 0.6) is 5.75 Å². The maximum Gasteiger partial charge on any atom is 0.490 e. The molecule has 7 rings (SSSR count). The van der Waals surface area contributed by atoms with Gasteiger partial charge in [-0.15, -0.1) is 0 Å². The van der Waals surface area contributed by atoms with Crippen molar-refractivity contribution in [3.05, 3.63) is 88.7 Å². The first-order valence-electron chi connectivity index (χ1n) is 17.7. The van der Waals surface area contributed by atoms with Gasteiger partial charge in [0.25, 0.3) is 0 Å². The molecule has 1 amide bonds. The fraction of sp³-hybridized carbons (Fsp3) is 0.474. The Morgan fingerprint density at radius 1 is 1.00 bits per heavy atom. The van der Waals surface area contributed by atoms with Crippen molar-refractivity contribution in [3.63, 3.8) is 0 Å². The maximum absolute atomic E-state index is 14.7. The minimum Gasteiger partial charge on any atom is -0.483 e. The lowest BCUT2D eigenvalue weighted by Gasteiger charge is -2.46. The molecule has 1 saturated heterocycles. The van der Waals surface area contributed by atoms with Crippen LogP contribution < -0.4 is 20.3 Å². The highest BCUT2D eigenvalue weighted by molar-refractivity contribution is 7.90. The Bertz CT molecular complexity index is 2010. The van der Waals surface area contributed by atoms with Gasteiger partial charge in [0, 0.05) is 43.6 Å². The van der Waals surface area contributed by atoms with Crippen molar-refractivity contribution in [2.45, 2.75) is 80.5 Å². The van der Waals surface area contributed by atoms with Gasteiger partial charge in [-0.25, -0.2) is 26.4 Å². The summed E-state index contributed by atoms with van der Waals surface area (Å²) >= 11 is 0. The second-order valence-corrected chi connectivity index (χ2v) is 17.1. The zero-order valence-electron chi connectivity index (χ0n) is 29.4. The van der Waals surface area contributed by atoms with E-state index in [0.717, 1.165) is 92.0 Å². The second-order valence-electron chi connectivity index (χ2n) is 14.9. The van der Waals surface area contributed by atoms with E-state index in [4.69, 9.17) is 14.6 Å². The lowest BCUT2D eigenvalue weighted by molar-refractivity contribution is -0.192. The Kier molecular flexibility index (Phi) is 10.9. The number of nitrogens with one attached hydrogen (secondary N) is 2. The number of piperidine rings is 1. The first kappa shape index (κ1) is 39.2. The van der Waals surface area contributed by atoms with Crippen LogP contribution >= 0.6 is 0 Å². The second kappa shape index (κ2) is 15.0. The van der Waals surface area contributed by atoms with Gasteiger partial charge in [-0.2, -0.15) is 13.2 Å². The Labute approximate surface area is 309 Å². The first-order chi connectivity index (χ1) is 25.3. The standard InChI is InChI=1S/C36H40F3N3O4S.C2HF3O2/c1-47(44,45)21-26(15-23-3-7-30(38)31(39)16-23)41-34(43)17-24-20-35(29-18-25(37)4-6-28(24)29)11-13-42(14-12-35)27-5-8-32-33(19-27)46-36(22-40-32)9-2-10-36;3-2(4,5)1(6)7/h3-8,16,18-19,24,26,40H,2,9-15,17,20-22H2,1H3,(H,41,43);(H,6,7)/t24-,26-;/m1./s1. The molecule has 3 aromatic carbocycles. The van der Waals surface area contributed by atoms with Crippen molar-refractivity contribution >= 4 is 33.1 Å². The number of aliphatic carboxylic acids is 1. The van der Waals surface area contributed by atoms with Gasteiger partial charge in [0.2, 0.25) is 5.91 Å². The van der Waals surface area contributed by atoms with Crippen LogP contribution in [0.4, 0.5) is 37.7 Å². The van der Waals surface area contributed by atoms with Crippen LogP contribution in [-0.4, -0.2) is 74.9 Å². The average Bonchev–Trinajstić information content (AvgIpc) is 3.35. The van der Waals surface area contributed by atoms with E-state index in [1.165, 1.54) is 18.6 Å². The fourth-order valence-corrected chi connectivity index (χ4v) is 9.11. The van der Waals surface area contributed by atoms with Crippen LogP contribution in [0.1, 0.15) is 67.6 Å². The van der Waals surface area contributed by atoms with Gasteiger partial charge in [0.1, 0.15) is 27.0 Å². The number of fused-ring (bicyclic) bond motifs is 3. The number of alkyl halides is 3. The quantitative estimate of drug-likeness (QED) is 0.217. The van der Waals surface area contributed by atoms with Crippen LogP contribution in [0.15, 0.2) is 54.6 Å². The van der Waals surface area contributed by atoms with Crippen molar-refractivity contribution < 1.29 is 54.2 Å². The van der Waals surface area contributed by atoms with E-state index in [9.17, 15) is 39.6 Å². The topological polar surface area (TPSA) is 125 Å². The predicted molar refractivity (Wildman–Crippen MR) is 189 cm³/mol. The Morgan fingerprint density at radius 3 is 2.31 bits per heavy atom. The molecule has 16 heteroatoms. The number of amides is 1. The smallest absolute Gasteiger partial charge is 0.483 e. The number of halogens is 6. The number of hydrogen-bond acceptors (Lipinski definition) is 7. The number of rotatable bonds is 8. The molecule has 0 unspecified atom stereocenters. The van der Waals surface area contributed by atoms with Gasteiger partial charge in [-0.1, -0.05) is 12.1 Å². The van der Waals surface area contributed by atoms with E-state index < -0.39 is 39.7 Å². The van der Waals surface area contributed by atoms with Crippen LogP contribution in [-0.2, 0) is 31.3 Å². The lowest BCUT2D eigenvalue weighted by atomic mass is 9.73. The lowest BCUT2D eigenvalue weighted by Crippen LogP contribution is -2.51. The van der Waals surface area contributed by atoms with E-state index in [-0.39, 0.29) is 47.3 Å². The van der Waals surface area contributed by atoms with Crippen molar-refractivity contribution in [3.8, 4) is 5.75 Å². The maximum atomic E-state index is 14.7. The van der Waals surface area contributed by atoms with E-state index in [1.807, 2.05) is 0 Å². The summed E-state index contributed by atoms with van der Waals surface area (Å²) in [7, 11) is -3.49. The van der Waals surface area contributed by atoms with E-state index in [0.29, 0.717) is 12.0 Å². The monoisotopic (exact) mass is 781 g/mol. The van der Waals surface area contributed by atoms with Gasteiger partial charge < -0.3 is 25.4 Å². The molecule has 2 aliphatic heterocycles. The molecule has 9 nitrogen and oxygen atoms in total. The summed E-state index contributed by atoms with van der Waals surface area (Å²) in [4.78, 5) is 24.7. The molecule has 292 valence electrons. The molecule has 1 saturated carbocycles. The summed E-state index contributed by atoms with van der Waals surface area (Å²) in [6.07, 6.45) is 1.75. The summed E-state index contributed by atoms with van der Waals surface area (Å²) in [5, 5.41) is 13.5. The third kappa shape index (κ3) is 8.90. The highest BCUT2D eigenvalue weighted by Crippen LogP contribution is 2.53. The zero-order chi connectivity index (χ0) is 39.1. The third-order valence-electron chi connectivity index (χ3n) is 10.9. The molecular weight excluding hydrogens is 740 g/mol. The summed E-state index contributed by atoms with van der Waals surface area (Å²) < 4.78 is 105. The average molecular weight is 782 g/mol. The molecule has 4 aliphatic rings. The largest absolute Gasteiger partial charge is 0.490 e. The third-order valence-corrected chi connectivity index (χ3v) is 11.9. The number of carbonyl (C=O) groups is 2. The minimum atomic E-state index is -5.08. The number of hydrogen-bond donors (Lipinski definition) is 3. The number of sulfone groups is 1. The van der Waals surface area contributed by atoms with Crippen LogP contribution in [0.2, 0.25) is 0 Å². The summed E-state index contributed by atoms with van der Waals surface area (Å²) in [6.45, 7) is 2.39.